The Kier molecular flexibility index (Phi) is 6.42. The molecule has 2 aliphatic heterocycles. The highest BCUT2D eigenvalue weighted by Gasteiger charge is 2.35. The van der Waals surface area contributed by atoms with E-state index in [9.17, 15) is 17.6 Å². The fraction of sp³-hybridized carbons (Fsp3) is 0.562. The molecule has 3 rings (SSSR count). The Bertz CT molecular complexity index is 744. The van der Waals surface area contributed by atoms with Gasteiger partial charge in [0.15, 0.2) is 0 Å². The van der Waals surface area contributed by atoms with Crippen molar-refractivity contribution in [1.82, 2.24) is 14.5 Å². The maximum Gasteiger partial charge on any atom is 0.243 e. The summed E-state index contributed by atoms with van der Waals surface area (Å²) in [6.07, 6.45) is 1.48. The predicted octanol–water partition coefficient (Wildman–Crippen LogP) is 1.14. The molecule has 9 heteroatoms. The minimum Gasteiger partial charge on any atom is -0.336 e. The first kappa shape index (κ1) is 20.1. The maximum absolute atomic E-state index is 13.8. The van der Waals surface area contributed by atoms with Crippen LogP contribution in [-0.4, -0.2) is 62.3 Å². The predicted molar refractivity (Wildman–Crippen MR) is 94.7 cm³/mol. The van der Waals surface area contributed by atoms with E-state index in [0.717, 1.165) is 19.0 Å². The van der Waals surface area contributed by atoms with Crippen molar-refractivity contribution in [3.63, 3.8) is 0 Å². The minimum atomic E-state index is -3.75. The summed E-state index contributed by atoms with van der Waals surface area (Å²) in [7, 11) is -3.75. The Morgan fingerprint density at radius 2 is 2.04 bits per heavy atom. The number of piperazine rings is 1. The van der Waals surface area contributed by atoms with E-state index in [1.54, 1.807) is 11.8 Å². The van der Waals surface area contributed by atoms with Gasteiger partial charge in [-0.05, 0) is 37.5 Å². The molecule has 2 saturated heterocycles. The number of aryl methyl sites for hydroxylation is 1. The lowest BCUT2D eigenvalue weighted by molar-refractivity contribution is -0.135. The normalized spacial score (nSPS) is 22.6. The zero-order valence-electron chi connectivity index (χ0n) is 14.1. The van der Waals surface area contributed by atoms with Gasteiger partial charge in [0, 0.05) is 32.2 Å². The van der Waals surface area contributed by atoms with Crippen LogP contribution in [0.4, 0.5) is 4.39 Å². The van der Waals surface area contributed by atoms with Gasteiger partial charge in [0.1, 0.15) is 5.82 Å². The number of hydrogen-bond donors (Lipinski definition) is 1. The zero-order chi connectivity index (χ0) is 17.3. The molecular formula is C16H23ClFN3O3S. The van der Waals surface area contributed by atoms with Crippen molar-refractivity contribution < 1.29 is 17.6 Å². The topological polar surface area (TPSA) is 69.7 Å². The van der Waals surface area contributed by atoms with Gasteiger partial charge in [-0.15, -0.1) is 12.4 Å². The van der Waals surface area contributed by atoms with Crippen molar-refractivity contribution in [3.05, 3.63) is 29.6 Å². The average Bonchev–Trinajstić information content (AvgIpc) is 2.58. The van der Waals surface area contributed by atoms with Crippen LogP contribution in [0.15, 0.2) is 23.1 Å². The van der Waals surface area contributed by atoms with Crippen molar-refractivity contribution in [2.75, 3.05) is 32.7 Å². The summed E-state index contributed by atoms with van der Waals surface area (Å²) in [4.78, 5) is 13.8. The number of nitrogens with one attached hydrogen (secondary N) is 1. The van der Waals surface area contributed by atoms with E-state index in [1.165, 1.54) is 16.4 Å². The van der Waals surface area contributed by atoms with E-state index in [1.807, 2.05) is 0 Å². The highest BCUT2D eigenvalue weighted by atomic mass is 35.5. The first-order valence-electron chi connectivity index (χ1n) is 8.16. The van der Waals surface area contributed by atoms with E-state index < -0.39 is 15.8 Å². The molecule has 0 aliphatic carbocycles. The SMILES string of the molecule is Cc1ccc(S(=O)(=O)N2CCCC(N3CCNCC3=O)C2)cc1F.Cl. The largest absolute Gasteiger partial charge is 0.336 e. The molecule has 0 radical (unpaired) electrons. The summed E-state index contributed by atoms with van der Waals surface area (Å²) in [5, 5.41) is 3.02. The maximum atomic E-state index is 13.8. The number of halogens is 2. The Hall–Kier alpha value is -1.22. The molecular weight excluding hydrogens is 369 g/mol. The quantitative estimate of drug-likeness (QED) is 0.838. The molecule has 0 bridgehead atoms. The molecule has 0 aromatic heterocycles. The summed E-state index contributed by atoms with van der Waals surface area (Å²) in [5.41, 5.74) is 0.414. The third kappa shape index (κ3) is 4.13. The lowest BCUT2D eigenvalue weighted by Crippen LogP contribution is -2.57. The minimum absolute atomic E-state index is 0. The second-order valence-corrected chi connectivity index (χ2v) is 8.27. The second kappa shape index (κ2) is 7.99. The van der Waals surface area contributed by atoms with Crippen molar-refractivity contribution in [1.29, 1.82) is 0 Å². The van der Waals surface area contributed by atoms with Gasteiger partial charge in [0.2, 0.25) is 15.9 Å². The van der Waals surface area contributed by atoms with Gasteiger partial charge in [0.25, 0.3) is 0 Å². The molecule has 0 spiro atoms. The molecule has 1 atom stereocenters. The molecule has 2 fully saturated rings. The summed E-state index contributed by atoms with van der Waals surface area (Å²) >= 11 is 0. The molecule has 140 valence electrons. The van der Waals surface area contributed by atoms with Crippen molar-refractivity contribution in [2.45, 2.75) is 30.7 Å². The number of sulfonamides is 1. The number of carbonyl (C=O) groups is 1. The van der Waals surface area contributed by atoms with Gasteiger partial charge in [0.05, 0.1) is 11.4 Å². The van der Waals surface area contributed by atoms with E-state index in [0.29, 0.717) is 31.6 Å². The fourth-order valence-electron chi connectivity index (χ4n) is 3.28. The Morgan fingerprint density at radius 3 is 2.72 bits per heavy atom. The van der Waals surface area contributed by atoms with Crippen LogP contribution in [0, 0.1) is 12.7 Å². The average molecular weight is 392 g/mol. The van der Waals surface area contributed by atoms with E-state index in [2.05, 4.69) is 5.32 Å². The number of rotatable bonds is 3. The second-order valence-electron chi connectivity index (χ2n) is 6.33. The van der Waals surface area contributed by atoms with Crippen LogP contribution in [0.25, 0.3) is 0 Å². The summed E-state index contributed by atoms with van der Waals surface area (Å²) < 4.78 is 40.7. The smallest absolute Gasteiger partial charge is 0.243 e. The molecule has 2 aliphatic rings. The van der Waals surface area contributed by atoms with Crippen LogP contribution in [0.5, 0.6) is 0 Å². The summed E-state index contributed by atoms with van der Waals surface area (Å²) in [6, 6.07) is 3.87. The number of carbonyl (C=O) groups excluding carboxylic acids is 1. The number of hydrogen-bond acceptors (Lipinski definition) is 4. The van der Waals surface area contributed by atoms with Gasteiger partial charge < -0.3 is 10.2 Å². The number of amides is 1. The molecule has 6 nitrogen and oxygen atoms in total. The standard InChI is InChI=1S/C16H22FN3O3S.ClH/c1-12-4-5-14(9-15(12)17)24(22,23)19-7-2-3-13(11-19)20-8-6-18-10-16(20)21;/h4-5,9,13,18H,2-3,6-8,10-11H2,1H3;1H. The fourth-order valence-corrected chi connectivity index (χ4v) is 4.81. The lowest BCUT2D eigenvalue weighted by atomic mass is 10.1. The van der Waals surface area contributed by atoms with Gasteiger partial charge in [-0.2, -0.15) is 4.31 Å². The van der Waals surface area contributed by atoms with Gasteiger partial charge in [-0.3, -0.25) is 4.79 Å². The molecule has 1 aromatic carbocycles. The molecule has 1 amide bonds. The molecule has 0 saturated carbocycles. The zero-order valence-corrected chi connectivity index (χ0v) is 15.7. The summed E-state index contributed by atoms with van der Waals surface area (Å²) in [6.45, 7) is 3.87. The van der Waals surface area contributed by atoms with Crippen LogP contribution >= 0.6 is 12.4 Å². The number of benzene rings is 1. The Balaban J connectivity index is 0.00000225. The van der Waals surface area contributed by atoms with Crippen LogP contribution in [0.1, 0.15) is 18.4 Å². The molecule has 1 N–H and O–H groups in total. The third-order valence-electron chi connectivity index (χ3n) is 4.71. The van der Waals surface area contributed by atoms with Gasteiger partial charge >= 0.3 is 0 Å². The monoisotopic (exact) mass is 391 g/mol. The number of piperidine rings is 1. The van der Waals surface area contributed by atoms with Gasteiger partial charge in [-0.25, -0.2) is 12.8 Å². The highest BCUT2D eigenvalue weighted by molar-refractivity contribution is 7.89. The Labute approximate surface area is 153 Å². The number of nitrogens with zero attached hydrogens (tertiary/aromatic N) is 2. The van der Waals surface area contributed by atoms with Crippen molar-refractivity contribution in [3.8, 4) is 0 Å². The van der Waals surface area contributed by atoms with E-state index in [-0.39, 0.29) is 35.8 Å². The van der Waals surface area contributed by atoms with Crippen LogP contribution in [0.3, 0.4) is 0 Å². The third-order valence-corrected chi connectivity index (χ3v) is 6.57. The lowest BCUT2D eigenvalue weighted by Gasteiger charge is -2.40. The first-order chi connectivity index (χ1) is 11.4. The van der Waals surface area contributed by atoms with E-state index in [4.69, 9.17) is 0 Å². The Morgan fingerprint density at radius 1 is 1.28 bits per heavy atom. The van der Waals surface area contributed by atoms with E-state index >= 15 is 0 Å². The molecule has 2 heterocycles. The van der Waals surface area contributed by atoms with Crippen LogP contribution < -0.4 is 5.32 Å². The summed E-state index contributed by atoms with van der Waals surface area (Å²) in [5.74, 6) is -0.520. The highest BCUT2D eigenvalue weighted by Crippen LogP contribution is 2.24. The van der Waals surface area contributed by atoms with Gasteiger partial charge in [-0.1, -0.05) is 6.07 Å². The molecule has 1 aromatic rings. The van der Waals surface area contributed by atoms with Crippen molar-refractivity contribution in [2.24, 2.45) is 0 Å². The van der Waals surface area contributed by atoms with Crippen molar-refractivity contribution >= 4 is 28.3 Å². The molecule has 1 unspecified atom stereocenters. The van der Waals surface area contributed by atoms with Crippen LogP contribution in [-0.2, 0) is 14.8 Å². The van der Waals surface area contributed by atoms with Crippen LogP contribution in [0.2, 0.25) is 0 Å². The molecule has 25 heavy (non-hydrogen) atoms. The first-order valence-corrected chi connectivity index (χ1v) is 9.60.